The van der Waals surface area contributed by atoms with Crippen molar-refractivity contribution in [2.45, 2.75) is 53.4 Å². The summed E-state index contributed by atoms with van der Waals surface area (Å²) in [6.07, 6.45) is 1.18. The molecule has 0 saturated carbocycles. The highest BCUT2D eigenvalue weighted by atomic mass is 16.5. The average molecular weight is 195 g/mol. The third-order valence-corrected chi connectivity index (χ3v) is 3.52. The second-order valence-electron chi connectivity index (χ2n) is 4.73. The molecule has 0 saturated heterocycles. The Hall–Kier alpha value is -0.790. The molecule has 0 fully saturated rings. The van der Waals surface area contributed by atoms with Gasteiger partial charge in [-0.1, -0.05) is 39.3 Å². The van der Waals surface area contributed by atoms with Crippen LogP contribution in [-0.4, -0.2) is 5.16 Å². The fraction of sp³-hybridized carbons (Fsp3) is 0.750. The number of hydrogen-bond acceptors (Lipinski definition) is 2. The molecular formula is C12H21NO. The molecule has 2 nitrogen and oxygen atoms in total. The van der Waals surface area contributed by atoms with E-state index in [0.29, 0.717) is 5.92 Å². The second kappa shape index (κ2) is 3.76. The van der Waals surface area contributed by atoms with Crippen LogP contribution in [0.4, 0.5) is 0 Å². The Balaban J connectivity index is 3.14. The molecule has 0 aliphatic rings. The van der Waals surface area contributed by atoms with E-state index in [2.05, 4.69) is 32.9 Å². The summed E-state index contributed by atoms with van der Waals surface area (Å²) >= 11 is 0. The molecule has 0 spiro atoms. The molecule has 1 atom stereocenters. The summed E-state index contributed by atoms with van der Waals surface area (Å²) in [7, 11) is 0. The van der Waals surface area contributed by atoms with Gasteiger partial charge in [-0.05, 0) is 25.2 Å². The molecule has 1 heterocycles. The minimum Gasteiger partial charge on any atom is -0.361 e. The Kier molecular flexibility index (Phi) is 3.03. The molecular weight excluding hydrogens is 174 g/mol. The van der Waals surface area contributed by atoms with Crippen molar-refractivity contribution >= 4 is 0 Å². The van der Waals surface area contributed by atoms with E-state index in [0.717, 1.165) is 11.5 Å². The van der Waals surface area contributed by atoms with Gasteiger partial charge in [-0.2, -0.15) is 0 Å². The Morgan fingerprint density at radius 3 is 2.29 bits per heavy atom. The number of aromatic nitrogens is 1. The van der Waals surface area contributed by atoms with E-state index < -0.39 is 0 Å². The Bertz CT molecular complexity index is 293. The van der Waals surface area contributed by atoms with Crippen LogP contribution in [0.3, 0.4) is 0 Å². The fourth-order valence-corrected chi connectivity index (χ4v) is 2.16. The molecule has 0 aliphatic carbocycles. The summed E-state index contributed by atoms with van der Waals surface area (Å²) in [4.78, 5) is 0. The maximum Gasteiger partial charge on any atom is 0.137 e. The first-order valence-corrected chi connectivity index (χ1v) is 5.34. The predicted octanol–water partition coefficient (Wildman–Crippen LogP) is 3.62. The normalized spacial score (nSPS) is 14.4. The van der Waals surface area contributed by atoms with Gasteiger partial charge in [0.25, 0.3) is 0 Å². The molecule has 2 heteroatoms. The monoisotopic (exact) mass is 195 g/mol. The highest BCUT2D eigenvalue weighted by Crippen LogP contribution is 2.36. The molecule has 14 heavy (non-hydrogen) atoms. The van der Waals surface area contributed by atoms with Crippen molar-refractivity contribution in [3.05, 3.63) is 17.0 Å². The van der Waals surface area contributed by atoms with Gasteiger partial charge in [-0.15, -0.1) is 0 Å². The van der Waals surface area contributed by atoms with Gasteiger partial charge in [-0.25, -0.2) is 0 Å². The summed E-state index contributed by atoms with van der Waals surface area (Å²) in [5.74, 6) is 1.60. The zero-order chi connectivity index (χ0) is 10.9. The van der Waals surface area contributed by atoms with Crippen LogP contribution in [0, 0.1) is 19.8 Å². The summed E-state index contributed by atoms with van der Waals surface area (Å²) in [6.45, 7) is 13.1. The molecule has 1 rings (SSSR count). The molecule has 80 valence electrons. The third-order valence-electron chi connectivity index (χ3n) is 3.52. The van der Waals surface area contributed by atoms with E-state index in [9.17, 15) is 0 Å². The lowest BCUT2D eigenvalue weighted by Gasteiger charge is -2.31. The van der Waals surface area contributed by atoms with Crippen LogP contribution < -0.4 is 0 Å². The minimum absolute atomic E-state index is 0.156. The van der Waals surface area contributed by atoms with Crippen molar-refractivity contribution < 1.29 is 4.52 Å². The Morgan fingerprint density at radius 2 is 1.93 bits per heavy atom. The van der Waals surface area contributed by atoms with Crippen molar-refractivity contribution in [2.24, 2.45) is 5.92 Å². The molecule has 0 aliphatic heterocycles. The summed E-state index contributed by atoms with van der Waals surface area (Å²) in [6, 6.07) is 0. The van der Waals surface area contributed by atoms with Gasteiger partial charge in [0.05, 0.1) is 5.69 Å². The molecule has 1 aromatic heterocycles. The van der Waals surface area contributed by atoms with Crippen LogP contribution in [0.2, 0.25) is 0 Å². The van der Waals surface area contributed by atoms with E-state index in [1.807, 2.05) is 13.8 Å². The molecule has 0 aromatic carbocycles. The lowest BCUT2D eigenvalue weighted by molar-refractivity contribution is 0.325. The van der Waals surface area contributed by atoms with Gasteiger partial charge < -0.3 is 4.52 Å². The van der Waals surface area contributed by atoms with Gasteiger partial charge in [0, 0.05) is 5.56 Å². The van der Waals surface area contributed by atoms with Crippen LogP contribution in [0.25, 0.3) is 0 Å². The standard InChI is InChI=1S/C12H21NO/c1-7-8(2)12(5,6)11-9(3)13-14-10(11)4/h8H,7H2,1-6H3. The number of rotatable bonds is 3. The van der Waals surface area contributed by atoms with Gasteiger partial charge >= 0.3 is 0 Å². The van der Waals surface area contributed by atoms with E-state index in [1.54, 1.807) is 0 Å². The summed E-state index contributed by atoms with van der Waals surface area (Å²) < 4.78 is 5.23. The fourth-order valence-electron chi connectivity index (χ4n) is 2.16. The highest BCUT2D eigenvalue weighted by molar-refractivity contribution is 5.30. The zero-order valence-corrected chi connectivity index (χ0v) is 10.1. The highest BCUT2D eigenvalue weighted by Gasteiger charge is 2.32. The van der Waals surface area contributed by atoms with Gasteiger partial charge in [-0.3, -0.25) is 0 Å². The van der Waals surface area contributed by atoms with Crippen molar-refractivity contribution in [1.29, 1.82) is 0 Å². The summed E-state index contributed by atoms with van der Waals surface area (Å²) in [5, 5.41) is 4.02. The van der Waals surface area contributed by atoms with E-state index in [1.165, 1.54) is 12.0 Å². The van der Waals surface area contributed by atoms with Crippen LogP contribution in [0.15, 0.2) is 4.52 Å². The second-order valence-corrected chi connectivity index (χ2v) is 4.73. The van der Waals surface area contributed by atoms with Gasteiger partial charge in [0.15, 0.2) is 0 Å². The Morgan fingerprint density at radius 1 is 1.36 bits per heavy atom. The van der Waals surface area contributed by atoms with E-state index in [-0.39, 0.29) is 5.41 Å². The zero-order valence-electron chi connectivity index (χ0n) is 10.1. The van der Waals surface area contributed by atoms with Crippen LogP contribution in [-0.2, 0) is 5.41 Å². The van der Waals surface area contributed by atoms with Gasteiger partial charge in [0.2, 0.25) is 0 Å². The SMILES string of the molecule is CCC(C)C(C)(C)c1c(C)noc1C. The molecule has 0 radical (unpaired) electrons. The molecule has 0 bridgehead atoms. The number of nitrogens with zero attached hydrogens (tertiary/aromatic N) is 1. The van der Waals surface area contributed by atoms with Gasteiger partial charge in [0.1, 0.15) is 5.76 Å². The quantitative estimate of drug-likeness (QED) is 0.736. The first-order chi connectivity index (χ1) is 6.41. The Labute approximate surface area is 86.7 Å². The van der Waals surface area contributed by atoms with Crippen molar-refractivity contribution in [3.8, 4) is 0 Å². The molecule has 0 N–H and O–H groups in total. The lowest BCUT2D eigenvalue weighted by atomic mass is 9.72. The maximum absolute atomic E-state index is 5.23. The van der Waals surface area contributed by atoms with Crippen LogP contribution in [0.5, 0.6) is 0 Å². The maximum atomic E-state index is 5.23. The lowest BCUT2D eigenvalue weighted by Crippen LogP contribution is -2.27. The number of hydrogen-bond donors (Lipinski definition) is 0. The van der Waals surface area contributed by atoms with E-state index >= 15 is 0 Å². The van der Waals surface area contributed by atoms with Crippen LogP contribution in [0.1, 0.15) is 51.1 Å². The van der Waals surface area contributed by atoms with E-state index in [4.69, 9.17) is 4.52 Å². The van der Waals surface area contributed by atoms with Crippen molar-refractivity contribution in [3.63, 3.8) is 0 Å². The minimum atomic E-state index is 0.156. The summed E-state index contributed by atoms with van der Waals surface area (Å²) in [5.41, 5.74) is 2.47. The largest absolute Gasteiger partial charge is 0.361 e. The molecule has 1 aromatic rings. The smallest absolute Gasteiger partial charge is 0.137 e. The first kappa shape index (κ1) is 11.3. The topological polar surface area (TPSA) is 26.0 Å². The van der Waals surface area contributed by atoms with Crippen molar-refractivity contribution in [2.75, 3.05) is 0 Å². The molecule has 1 unspecified atom stereocenters. The predicted molar refractivity (Wildman–Crippen MR) is 58.5 cm³/mol. The molecule has 0 amide bonds. The van der Waals surface area contributed by atoms with Crippen molar-refractivity contribution in [1.82, 2.24) is 5.16 Å². The van der Waals surface area contributed by atoms with Crippen LogP contribution >= 0.6 is 0 Å². The average Bonchev–Trinajstić information content (AvgIpc) is 2.44. The first-order valence-electron chi connectivity index (χ1n) is 5.34. The third kappa shape index (κ3) is 1.70. The number of aryl methyl sites for hydroxylation is 2.